The Morgan fingerprint density at radius 2 is 1.83 bits per heavy atom. The largest absolute Gasteiger partial charge is 0.497 e. The number of benzene rings is 2. The maximum Gasteiger partial charge on any atom is 0.266 e. The van der Waals surface area contributed by atoms with E-state index < -0.39 is 0 Å². The molecular formula is C27H32N2O5S. The highest BCUT2D eigenvalue weighted by Crippen LogP contribution is 2.38. The van der Waals surface area contributed by atoms with Crippen molar-refractivity contribution in [3.05, 3.63) is 65.1 Å². The zero-order valence-electron chi connectivity index (χ0n) is 20.7. The number of carbonyl (C=O) groups excluding carboxylic acids is 1. The van der Waals surface area contributed by atoms with Gasteiger partial charge >= 0.3 is 0 Å². The molecule has 3 rings (SSSR count). The molecule has 1 fully saturated rings. The summed E-state index contributed by atoms with van der Waals surface area (Å²) in [6.07, 6.45) is 4.32. The molecule has 1 saturated heterocycles. The van der Waals surface area contributed by atoms with Crippen LogP contribution in [0.25, 0.3) is 6.08 Å². The molecule has 0 atom stereocenters. The van der Waals surface area contributed by atoms with Crippen LogP contribution in [0.15, 0.2) is 59.0 Å². The summed E-state index contributed by atoms with van der Waals surface area (Å²) in [7, 11) is 3.23. The Morgan fingerprint density at radius 1 is 1.09 bits per heavy atom. The molecule has 2 aromatic carbocycles. The summed E-state index contributed by atoms with van der Waals surface area (Å²) in [6, 6.07) is 11.3. The first kappa shape index (κ1) is 26.4. The topological polar surface area (TPSA) is 69.6 Å². The minimum Gasteiger partial charge on any atom is -0.497 e. The minimum atomic E-state index is -0.114. The Kier molecular flexibility index (Phi) is 9.81. The van der Waals surface area contributed by atoms with E-state index in [1.54, 1.807) is 19.1 Å². The SMILES string of the molecule is C=CCc1cc(/C=C2\SC(=Nc3ccc(OC)cc3)N(CCOC)C2=O)cc(OCC)c1OCC. The summed E-state index contributed by atoms with van der Waals surface area (Å²) in [5, 5.41) is 0.603. The van der Waals surface area contributed by atoms with Crippen LogP contribution in [-0.4, -0.2) is 56.6 Å². The molecule has 1 heterocycles. The molecule has 0 aliphatic carbocycles. The van der Waals surface area contributed by atoms with Crippen LogP contribution in [0, 0.1) is 0 Å². The van der Waals surface area contributed by atoms with Crippen molar-refractivity contribution in [1.29, 1.82) is 0 Å². The monoisotopic (exact) mass is 496 g/mol. The summed E-state index contributed by atoms with van der Waals surface area (Å²) >= 11 is 1.34. The Balaban J connectivity index is 2.00. The van der Waals surface area contributed by atoms with Crippen molar-refractivity contribution in [2.75, 3.05) is 40.6 Å². The molecule has 0 bridgehead atoms. The van der Waals surface area contributed by atoms with Crippen LogP contribution >= 0.6 is 11.8 Å². The molecular weight excluding hydrogens is 464 g/mol. The van der Waals surface area contributed by atoms with Crippen LogP contribution in [0.1, 0.15) is 25.0 Å². The average Bonchev–Trinajstić information content (AvgIpc) is 3.14. The predicted octanol–water partition coefficient (Wildman–Crippen LogP) is 5.47. The van der Waals surface area contributed by atoms with E-state index in [0.29, 0.717) is 54.4 Å². The molecule has 0 aromatic heterocycles. The second-order valence-corrected chi connectivity index (χ2v) is 8.53. The Bertz CT molecular complexity index is 1100. The van der Waals surface area contributed by atoms with E-state index in [1.807, 2.05) is 62.4 Å². The van der Waals surface area contributed by atoms with Crippen LogP contribution < -0.4 is 14.2 Å². The van der Waals surface area contributed by atoms with E-state index in [0.717, 1.165) is 22.6 Å². The van der Waals surface area contributed by atoms with Crippen molar-refractivity contribution in [3.63, 3.8) is 0 Å². The number of hydrogen-bond acceptors (Lipinski definition) is 7. The second kappa shape index (κ2) is 13.0. The summed E-state index contributed by atoms with van der Waals surface area (Å²) in [6.45, 7) is 9.58. The maximum absolute atomic E-state index is 13.3. The fraction of sp³-hybridized carbons (Fsp3) is 0.333. The maximum atomic E-state index is 13.3. The second-order valence-electron chi connectivity index (χ2n) is 7.52. The molecule has 0 radical (unpaired) electrons. The Morgan fingerprint density at radius 3 is 2.46 bits per heavy atom. The van der Waals surface area contributed by atoms with E-state index in [9.17, 15) is 4.79 Å². The average molecular weight is 497 g/mol. The quantitative estimate of drug-likeness (QED) is 0.287. The third-order valence-electron chi connectivity index (χ3n) is 5.11. The molecule has 35 heavy (non-hydrogen) atoms. The summed E-state index contributed by atoms with van der Waals surface area (Å²) in [5.74, 6) is 2.00. The number of aliphatic imine (C=N–C) groups is 1. The molecule has 186 valence electrons. The van der Waals surface area contributed by atoms with Crippen LogP contribution in [0.3, 0.4) is 0 Å². The zero-order chi connectivity index (χ0) is 25.2. The lowest BCUT2D eigenvalue weighted by Gasteiger charge is -2.16. The first-order valence-corrected chi connectivity index (χ1v) is 12.3. The van der Waals surface area contributed by atoms with Gasteiger partial charge in [-0.2, -0.15) is 0 Å². The highest BCUT2D eigenvalue weighted by atomic mass is 32.2. The number of thioether (sulfide) groups is 1. The van der Waals surface area contributed by atoms with Crippen molar-refractivity contribution in [3.8, 4) is 17.2 Å². The van der Waals surface area contributed by atoms with Crippen molar-refractivity contribution < 1.29 is 23.7 Å². The minimum absolute atomic E-state index is 0.114. The summed E-state index contributed by atoms with van der Waals surface area (Å²) in [4.78, 5) is 20.3. The highest BCUT2D eigenvalue weighted by molar-refractivity contribution is 8.18. The van der Waals surface area contributed by atoms with Gasteiger partial charge in [0.1, 0.15) is 5.75 Å². The van der Waals surface area contributed by atoms with Crippen molar-refractivity contribution in [2.45, 2.75) is 20.3 Å². The van der Waals surface area contributed by atoms with Gasteiger partial charge in [-0.25, -0.2) is 4.99 Å². The van der Waals surface area contributed by atoms with Crippen LogP contribution in [0.5, 0.6) is 17.2 Å². The first-order chi connectivity index (χ1) is 17.0. The van der Waals surface area contributed by atoms with Crippen LogP contribution in [0.4, 0.5) is 5.69 Å². The van der Waals surface area contributed by atoms with Gasteiger partial charge in [0.2, 0.25) is 0 Å². The molecule has 0 N–H and O–H groups in total. The molecule has 1 aliphatic heterocycles. The Hall–Kier alpha value is -3.23. The third kappa shape index (κ3) is 6.68. The predicted molar refractivity (Wildman–Crippen MR) is 142 cm³/mol. The lowest BCUT2D eigenvalue weighted by Crippen LogP contribution is -2.32. The molecule has 0 spiro atoms. The van der Waals surface area contributed by atoms with E-state index in [4.69, 9.17) is 23.9 Å². The Labute approximate surface area is 211 Å². The van der Waals surface area contributed by atoms with Crippen molar-refractivity contribution >= 4 is 34.6 Å². The fourth-order valence-corrected chi connectivity index (χ4v) is 4.56. The molecule has 1 aliphatic rings. The number of hydrogen-bond donors (Lipinski definition) is 0. The third-order valence-corrected chi connectivity index (χ3v) is 6.12. The number of rotatable bonds is 12. The van der Waals surface area contributed by atoms with E-state index in [2.05, 4.69) is 6.58 Å². The normalized spacial score (nSPS) is 15.7. The summed E-state index contributed by atoms with van der Waals surface area (Å²) in [5.41, 5.74) is 2.54. The lowest BCUT2D eigenvalue weighted by atomic mass is 10.0. The van der Waals surface area contributed by atoms with Gasteiger partial charge in [0.05, 0.1) is 44.1 Å². The zero-order valence-corrected chi connectivity index (χ0v) is 21.5. The van der Waals surface area contributed by atoms with Gasteiger partial charge < -0.3 is 18.9 Å². The van der Waals surface area contributed by atoms with Crippen LogP contribution in [0.2, 0.25) is 0 Å². The lowest BCUT2D eigenvalue weighted by molar-refractivity contribution is -0.122. The number of allylic oxidation sites excluding steroid dienone is 1. The van der Waals surface area contributed by atoms with E-state index in [-0.39, 0.29) is 5.91 Å². The van der Waals surface area contributed by atoms with Gasteiger partial charge in [0, 0.05) is 12.7 Å². The van der Waals surface area contributed by atoms with E-state index >= 15 is 0 Å². The van der Waals surface area contributed by atoms with Crippen LogP contribution in [-0.2, 0) is 16.0 Å². The standard InChI is InChI=1S/C27H32N2O5S/c1-6-9-20-16-19(17-23(33-7-2)25(20)34-8-3)18-24-26(30)29(14-15-31-4)27(35-24)28-21-10-12-22(32-5)13-11-21/h6,10-13,16-18H,1,7-9,14-15H2,2-5H3/b24-18-,28-27?. The smallest absolute Gasteiger partial charge is 0.266 e. The van der Waals surface area contributed by atoms with Gasteiger partial charge in [0.15, 0.2) is 16.7 Å². The van der Waals surface area contributed by atoms with E-state index in [1.165, 1.54) is 11.8 Å². The number of nitrogens with zero attached hydrogens (tertiary/aromatic N) is 2. The van der Waals surface area contributed by atoms with Crippen molar-refractivity contribution in [2.24, 2.45) is 4.99 Å². The number of amidine groups is 1. The molecule has 0 saturated carbocycles. The number of ether oxygens (including phenoxy) is 4. The number of carbonyl (C=O) groups is 1. The number of amides is 1. The van der Waals surface area contributed by atoms with Gasteiger partial charge in [-0.05, 0) is 80.1 Å². The molecule has 2 aromatic rings. The summed E-state index contributed by atoms with van der Waals surface area (Å²) < 4.78 is 22.2. The van der Waals surface area contributed by atoms with Gasteiger partial charge in [0.25, 0.3) is 5.91 Å². The molecule has 1 amide bonds. The van der Waals surface area contributed by atoms with Gasteiger partial charge in [-0.15, -0.1) is 6.58 Å². The highest BCUT2D eigenvalue weighted by Gasteiger charge is 2.33. The first-order valence-electron chi connectivity index (χ1n) is 11.5. The fourth-order valence-electron chi connectivity index (χ4n) is 3.53. The van der Waals surface area contributed by atoms with Gasteiger partial charge in [-0.3, -0.25) is 9.69 Å². The molecule has 0 unspecified atom stereocenters. The molecule has 8 heteroatoms. The van der Waals surface area contributed by atoms with Gasteiger partial charge in [-0.1, -0.05) is 6.08 Å². The number of methoxy groups -OCH3 is 2. The molecule has 7 nitrogen and oxygen atoms in total. The van der Waals surface area contributed by atoms with Crippen molar-refractivity contribution in [1.82, 2.24) is 4.90 Å².